The summed E-state index contributed by atoms with van der Waals surface area (Å²) < 4.78 is 31.6. The van der Waals surface area contributed by atoms with Crippen molar-refractivity contribution < 1.29 is 70.3 Å². The van der Waals surface area contributed by atoms with Crippen molar-refractivity contribution in [2.75, 3.05) is 0 Å². The van der Waals surface area contributed by atoms with Gasteiger partial charge in [0.25, 0.3) is 0 Å². The van der Waals surface area contributed by atoms with Gasteiger partial charge in [0.2, 0.25) is 0 Å². The first kappa shape index (κ1) is 22.5. The summed E-state index contributed by atoms with van der Waals surface area (Å²) in [6.07, 6.45) is 0. The first-order valence-corrected chi connectivity index (χ1v) is 2.10. The van der Waals surface area contributed by atoms with Gasteiger partial charge in [-0.15, -0.1) is 0 Å². The molecule has 0 rings (SSSR count). The maximum atomic E-state index is 8.74. The molecule has 50 valence electrons. The molecule has 0 heterocycles. The zero-order chi connectivity index (χ0) is 4.50. The molecule has 0 aromatic carbocycles. The monoisotopic (exact) mass is 189 g/mol. The van der Waals surface area contributed by atoms with Crippen molar-refractivity contribution in [1.82, 2.24) is 6.15 Å². The van der Waals surface area contributed by atoms with Crippen LogP contribution in [0.15, 0.2) is 0 Å². The first-order valence-electron chi connectivity index (χ1n) is 0.698. The second kappa shape index (κ2) is 8.90. The van der Waals surface area contributed by atoms with E-state index in [2.05, 4.69) is 0 Å². The standard InChI is InChI=1S/K.H3N.H2O4S.H3P.H/c;;1-5(2,3)4;;/h;1H3;(H2,1,2,3,4);1H3;/q+1;;;;-1. The van der Waals surface area contributed by atoms with Gasteiger partial charge < -0.3 is 7.58 Å². The van der Waals surface area contributed by atoms with Crippen molar-refractivity contribution in [2.24, 2.45) is 0 Å². The minimum Gasteiger partial charge on any atom is -1.00 e. The van der Waals surface area contributed by atoms with Crippen molar-refractivity contribution >= 4 is 20.3 Å². The van der Waals surface area contributed by atoms with Crippen LogP contribution in [0.3, 0.4) is 0 Å². The van der Waals surface area contributed by atoms with Crippen molar-refractivity contribution in [3.63, 3.8) is 0 Å². The molecule has 8 heavy (non-hydrogen) atoms. The van der Waals surface area contributed by atoms with Crippen LogP contribution in [0, 0.1) is 0 Å². The van der Waals surface area contributed by atoms with E-state index in [1.54, 1.807) is 0 Å². The summed E-state index contributed by atoms with van der Waals surface area (Å²) in [5, 5.41) is 0. The van der Waals surface area contributed by atoms with Crippen molar-refractivity contribution in [3.8, 4) is 0 Å². The maximum Gasteiger partial charge on any atom is 1.00 e. The number of hydrogen-bond acceptors (Lipinski definition) is 3. The Hall–Kier alpha value is 1.90. The summed E-state index contributed by atoms with van der Waals surface area (Å²) in [5.74, 6) is 0. The molecule has 5 nitrogen and oxygen atoms in total. The summed E-state index contributed by atoms with van der Waals surface area (Å²) in [4.78, 5) is 0. The van der Waals surface area contributed by atoms with Gasteiger partial charge in [0.05, 0.1) is 0 Å². The second-order valence-corrected chi connectivity index (χ2v) is 1.34. The van der Waals surface area contributed by atoms with Crippen LogP contribution in [-0.2, 0) is 10.4 Å². The van der Waals surface area contributed by atoms with Crippen molar-refractivity contribution in [1.29, 1.82) is 0 Å². The van der Waals surface area contributed by atoms with Gasteiger partial charge in [-0.25, -0.2) is 0 Å². The average Bonchev–Trinajstić information content (AvgIpc) is 0.722. The molecule has 0 bridgehead atoms. The molecule has 0 aliphatic rings. The number of hydrogen-bond donors (Lipinski definition) is 3. The molecule has 0 aliphatic heterocycles. The van der Waals surface area contributed by atoms with E-state index in [9.17, 15) is 0 Å². The van der Waals surface area contributed by atoms with Gasteiger partial charge in [-0.2, -0.15) is 18.3 Å². The molecule has 1 atom stereocenters. The predicted octanol–water partition coefficient (Wildman–Crippen LogP) is -3.32. The smallest absolute Gasteiger partial charge is 1.00 e. The van der Waals surface area contributed by atoms with Gasteiger partial charge in [0.1, 0.15) is 0 Å². The Bertz CT molecular complexity index is 104. The van der Waals surface area contributed by atoms with Crippen LogP contribution in [0.5, 0.6) is 0 Å². The van der Waals surface area contributed by atoms with E-state index in [-0.39, 0.29) is 68.9 Å². The summed E-state index contributed by atoms with van der Waals surface area (Å²) in [7, 11) is -4.67. The SMILES string of the molecule is N.O=S(=O)(O)O.P.[H-].[K+]. The minimum atomic E-state index is -4.67. The van der Waals surface area contributed by atoms with E-state index in [1.807, 2.05) is 0 Å². The Balaban J connectivity index is -0.0000000133. The van der Waals surface area contributed by atoms with E-state index >= 15 is 0 Å². The third kappa shape index (κ3) is 104. The molecule has 0 amide bonds. The summed E-state index contributed by atoms with van der Waals surface area (Å²) >= 11 is 0. The molecule has 0 aromatic heterocycles. The molecule has 5 N–H and O–H groups in total. The second-order valence-electron chi connectivity index (χ2n) is 0.448. The molecular weight excluding hydrogens is 180 g/mol. The molecule has 0 radical (unpaired) electrons. The fourth-order valence-electron chi connectivity index (χ4n) is 0. The van der Waals surface area contributed by atoms with Crippen molar-refractivity contribution in [2.45, 2.75) is 0 Å². The summed E-state index contributed by atoms with van der Waals surface area (Å²) in [6, 6.07) is 0. The maximum absolute atomic E-state index is 8.74. The third-order valence-electron chi connectivity index (χ3n) is 0. The average molecular weight is 189 g/mol. The zero-order valence-corrected chi connectivity index (χ0v) is 9.89. The Morgan fingerprint density at radius 2 is 1.25 bits per heavy atom. The molecule has 8 heteroatoms. The summed E-state index contributed by atoms with van der Waals surface area (Å²) in [6.45, 7) is 0. The zero-order valence-electron chi connectivity index (χ0n) is 5.53. The molecule has 1 unspecified atom stereocenters. The van der Waals surface area contributed by atoms with Crippen molar-refractivity contribution in [3.05, 3.63) is 0 Å². The quantitative estimate of drug-likeness (QED) is 0.210. The van der Waals surface area contributed by atoms with Crippen LogP contribution >= 0.6 is 9.90 Å². The molecule has 0 saturated heterocycles. The van der Waals surface area contributed by atoms with E-state index < -0.39 is 10.4 Å². The Morgan fingerprint density at radius 1 is 1.25 bits per heavy atom. The normalized spacial score (nSPS) is 7.25. The predicted molar refractivity (Wildman–Crippen MR) is 31.4 cm³/mol. The van der Waals surface area contributed by atoms with Gasteiger partial charge in [0.15, 0.2) is 0 Å². The van der Waals surface area contributed by atoms with Gasteiger partial charge in [-0.05, 0) is 0 Å². The van der Waals surface area contributed by atoms with Crippen LogP contribution < -0.4 is 57.5 Å². The molecular formula is H9KNO4PS. The molecule has 0 saturated carbocycles. The molecule has 0 fully saturated rings. The van der Waals surface area contributed by atoms with E-state index in [1.165, 1.54) is 0 Å². The van der Waals surface area contributed by atoms with Crippen LogP contribution in [0.4, 0.5) is 0 Å². The molecule has 0 spiro atoms. The summed E-state index contributed by atoms with van der Waals surface area (Å²) in [5.41, 5.74) is 0. The third-order valence-corrected chi connectivity index (χ3v) is 0. The number of rotatable bonds is 0. The van der Waals surface area contributed by atoms with Gasteiger partial charge in [-0.3, -0.25) is 9.11 Å². The van der Waals surface area contributed by atoms with Crippen LogP contribution in [-0.4, -0.2) is 17.5 Å². The van der Waals surface area contributed by atoms with Gasteiger partial charge in [0, 0.05) is 0 Å². The fourth-order valence-corrected chi connectivity index (χ4v) is 0. The van der Waals surface area contributed by atoms with Gasteiger partial charge in [-0.1, -0.05) is 0 Å². The largest absolute Gasteiger partial charge is 1.00 e. The Morgan fingerprint density at radius 3 is 1.25 bits per heavy atom. The first-order chi connectivity index (χ1) is 2.00. The van der Waals surface area contributed by atoms with E-state index in [4.69, 9.17) is 17.5 Å². The topological polar surface area (TPSA) is 110 Å². The van der Waals surface area contributed by atoms with E-state index in [0.29, 0.717) is 0 Å². The fraction of sp³-hybridized carbons (Fsp3) is 0. The van der Waals surface area contributed by atoms with Gasteiger partial charge >= 0.3 is 61.8 Å². The Labute approximate surface area is 95.3 Å². The van der Waals surface area contributed by atoms with Crippen LogP contribution in [0.25, 0.3) is 0 Å². The van der Waals surface area contributed by atoms with Crippen LogP contribution in [0.2, 0.25) is 0 Å². The molecule has 0 aromatic rings. The van der Waals surface area contributed by atoms with E-state index in [0.717, 1.165) is 0 Å². The Kier molecular flexibility index (Phi) is 25.1. The minimum absolute atomic E-state index is 0. The molecule has 0 aliphatic carbocycles. The van der Waals surface area contributed by atoms with Crippen LogP contribution in [0.1, 0.15) is 1.43 Å².